The second-order valence-electron chi connectivity index (χ2n) is 4.49. The lowest BCUT2D eigenvalue weighted by atomic mass is 10.3. The third-order valence-corrected chi connectivity index (χ3v) is 3.94. The average Bonchev–Trinajstić information content (AvgIpc) is 2.86. The molecule has 0 aliphatic heterocycles. The third-order valence-electron chi connectivity index (χ3n) is 2.96. The van der Waals surface area contributed by atoms with Crippen molar-refractivity contribution in [3.05, 3.63) is 27.3 Å². The molecular formula is C12H13BrF2N4O2. The van der Waals surface area contributed by atoms with Crippen LogP contribution >= 0.6 is 15.9 Å². The fourth-order valence-electron chi connectivity index (χ4n) is 1.82. The van der Waals surface area contributed by atoms with Crippen LogP contribution in [0.3, 0.4) is 0 Å². The highest BCUT2D eigenvalue weighted by atomic mass is 79.9. The minimum absolute atomic E-state index is 0.179. The molecule has 6 nitrogen and oxygen atoms in total. The zero-order valence-electron chi connectivity index (χ0n) is 11.6. The SMILES string of the molecule is Cc1noc(C)c1NC(=O)Cn1nc(C(F)F)c(Br)c1C. The normalized spacial score (nSPS) is 11.2. The van der Waals surface area contributed by atoms with Crippen molar-refractivity contribution in [2.75, 3.05) is 5.32 Å². The van der Waals surface area contributed by atoms with E-state index in [-0.39, 0.29) is 16.7 Å². The van der Waals surface area contributed by atoms with E-state index < -0.39 is 12.3 Å². The van der Waals surface area contributed by atoms with Gasteiger partial charge in [0.1, 0.15) is 23.6 Å². The Hall–Kier alpha value is -1.77. The molecule has 0 saturated heterocycles. The standard InChI is InChI=1S/C12H13BrF2N4O2/c1-5-10(7(3)21-18-5)16-8(20)4-19-6(2)9(13)11(17-19)12(14)15/h12H,4H2,1-3H3,(H,16,20). The summed E-state index contributed by atoms with van der Waals surface area (Å²) in [5.74, 6) is 0.0794. The van der Waals surface area contributed by atoms with Gasteiger partial charge < -0.3 is 9.84 Å². The second-order valence-corrected chi connectivity index (χ2v) is 5.28. The first-order chi connectivity index (χ1) is 9.81. The van der Waals surface area contributed by atoms with Gasteiger partial charge in [0, 0.05) is 0 Å². The van der Waals surface area contributed by atoms with Crippen molar-refractivity contribution in [2.24, 2.45) is 0 Å². The van der Waals surface area contributed by atoms with Gasteiger partial charge in [-0.15, -0.1) is 0 Å². The van der Waals surface area contributed by atoms with E-state index in [0.29, 0.717) is 22.8 Å². The Morgan fingerprint density at radius 1 is 1.43 bits per heavy atom. The predicted molar refractivity (Wildman–Crippen MR) is 74.2 cm³/mol. The fraction of sp³-hybridized carbons (Fsp3) is 0.417. The van der Waals surface area contributed by atoms with E-state index in [0.717, 1.165) is 0 Å². The Morgan fingerprint density at radius 3 is 2.57 bits per heavy atom. The Labute approximate surface area is 127 Å². The van der Waals surface area contributed by atoms with Crippen LogP contribution in [0, 0.1) is 20.8 Å². The van der Waals surface area contributed by atoms with Crippen LogP contribution in [0.5, 0.6) is 0 Å². The highest BCUT2D eigenvalue weighted by molar-refractivity contribution is 9.10. The summed E-state index contributed by atoms with van der Waals surface area (Å²) in [6.07, 6.45) is -2.70. The predicted octanol–water partition coefficient (Wildman–Crippen LogP) is 3.14. The molecule has 9 heteroatoms. The average molecular weight is 363 g/mol. The number of anilines is 1. The van der Waals surface area contributed by atoms with Crippen LogP contribution in [0.1, 0.15) is 29.3 Å². The van der Waals surface area contributed by atoms with Gasteiger partial charge in [0.2, 0.25) is 5.91 Å². The molecule has 1 amide bonds. The first kappa shape index (κ1) is 15.6. The summed E-state index contributed by atoms with van der Waals surface area (Å²) in [5.41, 5.74) is 1.11. The molecule has 0 spiro atoms. The van der Waals surface area contributed by atoms with E-state index in [1.54, 1.807) is 20.8 Å². The molecule has 0 bridgehead atoms. The maximum atomic E-state index is 12.7. The number of rotatable bonds is 4. The molecule has 0 aromatic carbocycles. The van der Waals surface area contributed by atoms with E-state index in [9.17, 15) is 13.6 Å². The van der Waals surface area contributed by atoms with Gasteiger partial charge in [0.05, 0.1) is 10.2 Å². The van der Waals surface area contributed by atoms with Gasteiger partial charge in [0.15, 0.2) is 5.76 Å². The largest absolute Gasteiger partial charge is 0.359 e. The number of carbonyl (C=O) groups is 1. The number of nitrogens with zero attached hydrogens (tertiary/aromatic N) is 3. The molecule has 0 fully saturated rings. The molecule has 21 heavy (non-hydrogen) atoms. The Kier molecular flexibility index (Phi) is 4.40. The lowest BCUT2D eigenvalue weighted by molar-refractivity contribution is -0.117. The maximum Gasteiger partial charge on any atom is 0.283 e. The minimum atomic E-state index is -2.70. The summed E-state index contributed by atoms with van der Waals surface area (Å²) in [5, 5.41) is 10.1. The second kappa shape index (κ2) is 5.92. The van der Waals surface area contributed by atoms with Crippen molar-refractivity contribution >= 4 is 27.5 Å². The number of aryl methyl sites for hydroxylation is 2. The molecule has 0 aliphatic carbocycles. The van der Waals surface area contributed by atoms with Crippen LogP contribution in [0.15, 0.2) is 9.00 Å². The van der Waals surface area contributed by atoms with Gasteiger partial charge in [-0.05, 0) is 36.7 Å². The number of hydrogen-bond donors (Lipinski definition) is 1. The van der Waals surface area contributed by atoms with Crippen molar-refractivity contribution in [3.63, 3.8) is 0 Å². The van der Waals surface area contributed by atoms with Gasteiger partial charge in [-0.2, -0.15) is 5.10 Å². The summed E-state index contributed by atoms with van der Waals surface area (Å²) in [6, 6.07) is 0. The topological polar surface area (TPSA) is 73.0 Å². The Bertz CT molecular complexity index is 662. The zero-order chi connectivity index (χ0) is 15.7. The van der Waals surface area contributed by atoms with Crippen LogP contribution < -0.4 is 5.32 Å². The van der Waals surface area contributed by atoms with Gasteiger partial charge >= 0.3 is 0 Å². The number of alkyl halides is 2. The Morgan fingerprint density at radius 2 is 2.10 bits per heavy atom. The number of halogens is 3. The lowest BCUT2D eigenvalue weighted by Gasteiger charge is -2.06. The highest BCUT2D eigenvalue weighted by Crippen LogP contribution is 2.29. The van der Waals surface area contributed by atoms with Crippen LogP contribution in [0.4, 0.5) is 14.5 Å². The van der Waals surface area contributed by atoms with Crippen LogP contribution in [-0.2, 0) is 11.3 Å². The van der Waals surface area contributed by atoms with Crippen LogP contribution in [0.25, 0.3) is 0 Å². The molecule has 2 rings (SSSR count). The summed E-state index contributed by atoms with van der Waals surface area (Å²) < 4.78 is 31.8. The molecule has 0 unspecified atom stereocenters. The van der Waals surface area contributed by atoms with Crippen molar-refractivity contribution in [3.8, 4) is 0 Å². The van der Waals surface area contributed by atoms with Gasteiger partial charge in [-0.25, -0.2) is 8.78 Å². The molecule has 0 atom stereocenters. The van der Waals surface area contributed by atoms with Gasteiger partial charge in [-0.1, -0.05) is 5.16 Å². The monoisotopic (exact) mass is 362 g/mol. The van der Waals surface area contributed by atoms with E-state index in [1.807, 2.05) is 0 Å². The van der Waals surface area contributed by atoms with Gasteiger partial charge in [0.25, 0.3) is 6.43 Å². The molecule has 2 aromatic rings. The zero-order valence-corrected chi connectivity index (χ0v) is 13.2. The van der Waals surface area contributed by atoms with Crippen LogP contribution in [0.2, 0.25) is 0 Å². The fourth-order valence-corrected chi connectivity index (χ4v) is 2.27. The van der Waals surface area contributed by atoms with Crippen LogP contribution in [-0.4, -0.2) is 20.8 Å². The van der Waals surface area contributed by atoms with E-state index >= 15 is 0 Å². The van der Waals surface area contributed by atoms with Crippen molar-refractivity contribution in [2.45, 2.75) is 33.7 Å². The van der Waals surface area contributed by atoms with Crippen molar-refractivity contribution < 1.29 is 18.1 Å². The number of amides is 1. The molecule has 2 aromatic heterocycles. The number of aromatic nitrogens is 3. The first-order valence-corrected chi connectivity index (χ1v) is 6.84. The van der Waals surface area contributed by atoms with Crippen molar-refractivity contribution in [1.82, 2.24) is 14.9 Å². The maximum absolute atomic E-state index is 12.7. The number of hydrogen-bond acceptors (Lipinski definition) is 4. The smallest absolute Gasteiger partial charge is 0.283 e. The molecule has 1 N–H and O–H groups in total. The molecule has 0 saturated carbocycles. The van der Waals surface area contributed by atoms with Crippen molar-refractivity contribution in [1.29, 1.82) is 0 Å². The highest BCUT2D eigenvalue weighted by Gasteiger charge is 2.21. The summed E-state index contributed by atoms with van der Waals surface area (Å²) >= 11 is 3.06. The van der Waals surface area contributed by atoms with E-state index in [4.69, 9.17) is 4.52 Å². The minimum Gasteiger partial charge on any atom is -0.359 e. The summed E-state index contributed by atoms with van der Waals surface area (Å²) in [7, 11) is 0. The molecular weight excluding hydrogens is 350 g/mol. The first-order valence-electron chi connectivity index (χ1n) is 6.05. The number of nitrogens with one attached hydrogen (secondary N) is 1. The quantitative estimate of drug-likeness (QED) is 0.906. The summed E-state index contributed by atoms with van der Waals surface area (Å²) in [6.45, 7) is 4.78. The molecule has 114 valence electrons. The molecule has 0 aliphatic rings. The van der Waals surface area contributed by atoms with Gasteiger partial charge in [-0.3, -0.25) is 9.48 Å². The Balaban J connectivity index is 2.15. The lowest BCUT2D eigenvalue weighted by Crippen LogP contribution is -2.21. The van der Waals surface area contributed by atoms with E-state index in [2.05, 4.69) is 31.5 Å². The number of carbonyl (C=O) groups excluding carboxylic acids is 1. The molecule has 2 heterocycles. The third kappa shape index (κ3) is 3.12. The van der Waals surface area contributed by atoms with E-state index in [1.165, 1.54) is 4.68 Å². The molecule has 0 radical (unpaired) electrons. The summed E-state index contributed by atoms with van der Waals surface area (Å²) in [4.78, 5) is 12.0.